The van der Waals surface area contributed by atoms with Crippen molar-refractivity contribution < 1.29 is 27.6 Å². The third kappa shape index (κ3) is 6.92. The zero-order chi connectivity index (χ0) is 12.7. The Hall–Kier alpha value is -0.250. The molecule has 1 fully saturated rings. The Morgan fingerprint density at radius 2 is 2.06 bits per heavy atom. The fraction of sp³-hybridized carbons (Fsp3) is 1.00. The molecule has 102 valence electrons. The highest BCUT2D eigenvalue weighted by Crippen LogP contribution is 2.04. The Morgan fingerprint density at radius 3 is 2.59 bits per heavy atom. The summed E-state index contributed by atoms with van der Waals surface area (Å²) < 4.78 is 42.4. The molecule has 0 spiro atoms. The molecule has 0 saturated carbocycles. The van der Waals surface area contributed by atoms with Gasteiger partial charge in [0.05, 0.1) is 48.4 Å². The van der Waals surface area contributed by atoms with Gasteiger partial charge in [0.2, 0.25) is 0 Å². The summed E-state index contributed by atoms with van der Waals surface area (Å²) in [4.78, 5) is 1.98. The van der Waals surface area contributed by atoms with E-state index in [0.717, 1.165) is 0 Å². The van der Waals surface area contributed by atoms with Crippen molar-refractivity contribution in [2.75, 3.05) is 51.8 Å². The summed E-state index contributed by atoms with van der Waals surface area (Å²) in [7, 11) is -4.32. The molecule has 0 aliphatic carbocycles. The predicted octanol–water partition coefficient (Wildman–Crippen LogP) is -1.76. The molecule has 1 aliphatic rings. The topological polar surface area (TPSA) is 99.1 Å². The van der Waals surface area contributed by atoms with Gasteiger partial charge < -0.3 is 19.1 Å². The molecule has 1 N–H and O–H groups in total. The number of ether oxygens (including phenoxy) is 2. The molecule has 8 heteroatoms. The summed E-state index contributed by atoms with van der Waals surface area (Å²) in [6.45, 7) is 2.78. The van der Waals surface area contributed by atoms with E-state index in [-0.39, 0.29) is 13.2 Å². The van der Waals surface area contributed by atoms with Crippen LogP contribution in [0, 0.1) is 0 Å². The lowest BCUT2D eigenvalue weighted by atomic mass is 10.3. The lowest BCUT2D eigenvalue weighted by Gasteiger charge is -2.30. The smallest absolute Gasteiger partial charge is 0.0972 e. The van der Waals surface area contributed by atoms with E-state index in [1.165, 1.54) is 0 Å². The minimum Gasteiger partial charge on any atom is -0.748 e. The summed E-state index contributed by atoms with van der Waals surface area (Å²) in [5.41, 5.74) is 0. The molecule has 0 bridgehead atoms. The van der Waals surface area contributed by atoms with E-state index in [1.54, 1.807) is 0 Å². The maximum absolute atomic E-state index is 10.7. The quantitative estimate of drug-likeness (QED) is 0.546. The molecule has 17 heavy (non-hydrogen) atoms. The van der Waals surface area contributed by atoms with Gasteiger partial charge in [0, 0.05) is 19.6 Å². The Kier molecular flexibility index (Phi) is 6.31. The minimum atomic E-state index is -4.32. The van der Waals surface area contributed by atoms with Crippen LogP contribution < -0.4 is 0 Å². The molecule has 7 nitrogen and oxygen atoms in total. The van der Waals surface area contributed by atoms with Gasteiger partial charge in [-0.3, -0.25) is 4.90 Å². The Morgan fingerprint density at radius 1 is 1.41 bits per heavy atom. The van der Waals surface area contributed by atoms with E-state index in [1.807, 2.05) is 4.90 Å². The van der Waals surface area contributed by atoms with Crippen molar-refractivity contribution in [1.82, 2.24) is 4.90 Å². The van der Waals surface area contributed by atoms with E-state index in [0.29, 0.717) is 32.8 Å². The largest absolute Gasteiger partial charge is 0.748 e. The van der Waals surface area contributed by atoms with Crippen molar-refractivity contribution in [2.45, 2.75) is 6.10 Å². The van der Waals surface area contributed by atoms with Crippen LogP contribution >= 0.6 is 0 Å². The number of hydrogen-bond acceptors (Lipinski definition) is 7. The van der Waals surface area contributed by atoms with Gasteiger partial charge in [0.25, 0.3) is 0 Å². The monoisotopic (exact) mass is 268 g/mol. The standard InChI is InChI=1S/C9H19NO6S/c11-3-6-16-9(8-17(12,13)14)7-10-1-4-15-5-2-10/h9,11H,1-8H2,(H,12,13,14)/p-1. The summed E-state index contributed by atoms with van der Waals surface area (Å²) in [5, 5.41) is 8.63. The van der Waals surface area contributed by atoms with E-state index in [4.69, 9.17) is 14.6 Å². The first-order valence-electron chi connectivity index (χ1n) is 5.47. The van der Waals surface area contributed by atoms with Crippen molar-refractivity contribution in [2.24, 2.45) is 0 Å². The fourth-order valence-corrected chi connectivity index (χ4v) is 2.33. The molecule has 0 radical (unpaired) electrons. The second-order valence-corrected chi connectivity index (χ2v) is 5.30. The molecule has 1 heterocycles. The van der Waals surface area contributed by atoms with E-state index >= 15 is 0 Å². The van der Waals surface area contributed by atoms with Crippen LogP contribution in [0.1, 0.15) is 0 Å². The van der Waals surface area contributed by atoms with E-state index in [2.05, 4.69) is 0 Å². The molecule has 1 aliphatic heterocycles. The molecular formula is C9H18NO6S-. The first-order chi connectivity index (χ1) is 8.01. The van der Waals surface area contributed by atoms with Crippen LogP contribution in [-0.2, 0) is 19.6 Å². The summed E-state index contributed by atoms with van der Waals surface area (Å²) in [6, 6.07) is 0. The lowest BCUT2D eigenvalue weighted by molar-refractivity contribution is -0.0129. The highest BCUT2D eigenvalue weighted by molar-refractivity contribution is 7.85. The van der Waals surface area contributed by atoms with Crippen molar-refractivity contribution in [3.63, 3.8) is 0 Å². The van der Waals surface area contributed by atoms with Gasteiger partial charge in [-0.05, 0) is 0 Å². The van der Waals surface area contributed by atoms with Crippen LogP contribution in [0.15, 0.2) is 0 Å². The predicted molar refractivity (Wildman–Crippen MR) is 58.6 cm³/mol. The SMILES string of the molecule is O=S(=O)([O-])CC(CN1CCOCC1)OCCO. The van der Waals surface area contributed by atoms with Crippen LogP contribution in [0.3, 0.4) is 0 Å². The number of nitrogens with zero attached hydrogens (tertiary/aromatic N) is 1. The zero-order valence-corrected chi connectivity index (χ0v) is 10.4. The third-order valence-electron chi connectivity index (χ3n) is 2.40. The first kappa shape index (κ1) is 14.8. The Bertz CT molecular complexity index is 301. The lowest BCUT2D eigenvalue weighted by Crippen LogP contribution is -2.44. The zero-order valence-electron chi connectivity index (χ0n) is 9.58. The van der Waals surface area contributed by atoms with Crippen LogP contribution in [0.4, 0.5) is 0 Å². The normalized spacial score (nSPS) is 20.4. The average molecular weight is 268 g/mol. The highest BCUT2D eigenvalue weighted by Gasteiger charge is 2.19. The maximum Gasteiger partial charge on any atom is 0.0972 e. The van der Waals surface area contributed by atoms with Crippen LogP contribution in [0.5, 0.6) is 0 Å². The number of rotatable bonds is 7. The van der Waals surface area contributed by atoms with Gasteiger partial charge in [0.15, 0.2) is 0 Å². The van der Waals surface area contributed by atoms with Crippen LogP contribution in [0.2, 0.25) is 0 Å². The molecule has 1 atom stereocenters. The highest BCUT2D eigenvalue weighted by atomic mass is 32.2. The summed E-state index contributed by atoms with van der Waals surface area (Å²) >= 11 is 0. The molecule has 1 unspecified atom stereocenters. The Balaban J connectivity index is 2.43. The van der Waals surface area contributed by atoms with Gasteiger partial charge in [-0.1, -0.05) is 0 Å². The van der Waals surface area contributed by atoms with Crippen molar-refractivity contribution in [3.8, 4) is 0 Å². The maximum atomic E-state index is 10.7. The van der Waals surface area contributed by atoms with Crippen LogP contribution in [-0.4, -0.2) is 80.9 Å². The first-order valence-corrected chi connectivity index (χ1v) is 7.05. The molecule has 0 aromatic rings. The van der Waals surface area contributed by atoms with E-state index in [9.17, 15) is 13.0 Å². The van der Waals surface area contributed by atoms with Gasteiger partial charge in [0.1, 0.15) is 0 Å². The number of aliphatic hydroxyl groups excluding tert-OH is 1. The van der Waals surface area contributed by atoms with Gasteiger partial charge >= 0.3 is 0 Å². The molecular weight excluding hydrogens is 250 g/mol. The molecule has 0 aromatic carbocycles. The fourth-order valence-electron chi connectivity index (χ4n) is 1.67. The van der Waals surface area contributed by atoms with Crippen molar-refractivity contribution >= 4 is 10.1 Å². The summed E-state index contributed by atoms with van der Waals surface area (Å²) in [5.74, 6) is -0.565. The second-order valence-electron chi connectivity index (χ2n) is 3.85. The van der Waals surface area contributed by atoms with Crippen molar-refractivity contribution in [3.05, 3.63) is 0 Å². The third-order valence-corrected chi connectivity index (χ3v) is 3.18. The van der Waals surface area contributed by atoms with E-state index < -0.39 is 22.0 Å². The van der Waals surface area contributed by atoms with Gasteiger partial charge in [-0.25, -0.2) is 8.42 Å². The molecule has 0 aromatic heterocycles. The molecule has 1 saturated heterocycles. The average Bonchev–Trinajstić information content (AvgIpc) is 2.25. The molecule has 1 rings (SSSR count). The Labute approximate surface area is 101 Å². The minimum absolute atomic E-state index is 0.0323. The number of hydrogen-bond donors (Lipinski definition) is 1. The second kappa shape index (κ2) is 7.24. The van der Waals surface area contributed by atoms with Crippen molar-refractivity contribution in [1.29, 1.82) is 0 Å². The van der Waals surface area contributed by atoms with Gasteiger partial charge in [-0.15, -0.1) is 0 Å². The van der Waals surface area contributed by atoms with Gasteiger partial charge in [-0.2, -0.15) is 0 Å². The number of aliphatic hydroxyl groups is 1. The van der Waals surface area contributed by atoms with Crippen LogP contribution in [0.25, 0.3) is 0 Å². The summed E-state index contributed by atoms with van der Waals surface area (Å²) in [6.07, 6.45) is -0.692. The molecule has 0 amide bonds. The number of morpholine rings is 1.